The zero-order valence-electron chi connectivity index (χ0n) is 11.1. The Kier molecular flexibility index (Phi) is 7.60. The molecule has 1 rings (SSSR count). The molecule has 0 aliphatic carbocycles. The number of nitrogens with zero attached hydrogens (tertiary/aromatic N) is 1. The number of aryl methyl sites for hydroxylation is 1. The van der Waals surface area contributed by atoms with Gasteiger partial charge in [0.25, 0.3) is 0 Å². The Labute approximate surface area is 113 Å². The Morgan fingerprint density at radius 2 is 2.17 bits per heavy atom. The second-order valence-electron chi connectivity index (χ2n) is 4.44. The van der Waals surface area contributed by atoms with E-state index >= 15 is 0 Å². The van der Waals surface area contributed by atoms with Gasteiger partial charge >= 0.3 is 0 Å². The first-order valence-corrected chi connectivity index (χ1v) is 7.48. The Bertz CT molecular complexity index is 352. The van der Waals surface area contributed by atoms with Crippen LogP contribution >= 0.6 is 11.3 Å². The maximum Gasteiger partial charge on any atom is 0.220 e. The van der Waals surface area contributed by atoms with E-state index in [2.05, 4.69) is 10.3 Å². The molecule has 0 saturated heterocycles. The fourth-order valence-electron chi connectivity index (χ4n) is 1.70. The molecule has 0 spiro atoms. The average Bonchev–Trinajstić information content (AvgIpc) is 2.75. The summed E-state index contributed by atoms with van der Waals surface area (Å²) in [4.78, 5) is 15.9. The molecule has 1 aromatic rings. The van der Waals surface area contributed by atoms with E-state index in [1.54, 1.807) is 11.3 Å². The topological polar surface area (TPSA) is 68.0 Å². The van der Waals surface area contributed by atoms with E-state index in [1.807, 2.05) is 12.3 Å². The predicted molar refractivity (Wildman–Crippen MR) is 75.7 cm³/mol. The van der Waals surface area contributed by atoms with Gasteiger partial charge < -0.3 is 11.1 Å². The van der Waals surface area contributed by atoms with Crippen LogP contribution in [0.2, 0.25) is 0 Å². The average molecular weight is 269 g/mol. The second kappa shape index (κ2) is 9.05. The molecule has 0 aliphatic heterocycles. The monoisotopic (exact) mass is 269 g/mol. The van der Waals surface area contributed by atoms with E-state index in [9.17, 15) is 4.79 Å². The van der Waals surface area contributed by atoms with Gasteiger partial charge in [0.1, 0.15) is 0 Å². The number of unbranched alkanes of at least 4 members (excludes halogenated alkanes) is 3. The Balaban J connectivity index is 2.00. The van der Waals surface area contributed by atoms with Crippen LogP contribution in [0.4, 0.5) is 0 Å². The van der Waals surface area contributed by atoms with Crippen molar-refractivity contribution in [2.75, 3.05) is 13.1 Å². The van der Waals surface area contributed by atoms with E-state index in [-0.39, 0.29) is 5.91 Å². The molecule has 0 fully saturated rings. The van der Waals surface area contributed by atoms with Gasteiger partial charge in [0, 0.05) is 30.5 Å². The van der Waals surface area contributed by atoms with Crippen molar-refractivity contribution in [2.45, 2.75) is 45.4 Å². The predicted octanol–water partition coefficient (Wildman–Crippen LogP) is 2.02. The van der Waals surface area contributed by atoms with Gasteiger partial charge in [-0.25, -0.2) is 4.98 Å². The largest absolute Gasteiger partial charge is 0.356 e. The molecule has 102 valence electrons. The molecule has 0 aliphatic rings. The number of amides is 1. The maximum absolute atomic E-state index is 11.5. The highest BCUT2D eigenvalue weighted by atomic mass is 32.1. The fourth-order valence-corrected chi connectivity index (χ4v) is 2.47. The van der Waals surface area contributed by atoms with Crippen LogP contribution in [-0.2, 0) is 11.2 Å². The lowest BCUT2D eigenvalue weighted by Crippen LogP contribution is -2.25. The summed E-state index contributed by atoms with van der Waals surface area (Å²) in [7, 11) is 0. The first-order chi connectivity index (χ1) is 8.72. The van der Waals surface area contributed by atoms with Gasteiger partial charge in [0.2, 0.25) is 5.91 Å². The van der Waals surface area contributed by atoms with E-state index in [0.717, 1.165) is 49.4 Å². The van der Waals surface area contributed by atoms with Gasteiger partial charge in [-0.2, -0.15) is 0 Å². The summed E-state index contributed by atoms with van der Waals surface area (Å²) < 4.78 is 0. The van der Waals surface area contributed by atoms with Crippen molar-refractivity contribution in [1.82, 2.24) is 10.3 Å². The van der Waals surface area contributed by atoms with Gasteiger partial charge in [0.15, 0.2) is 0 Å². The van der Waals surface area contributed by atoms with Gasteiger partial charge in [0.05, 0.1) is 5.01 Å². The fraction of sp³-hybridized carbons (Fsp3) is 0.692. The minimum absolute atomic E-state index is 0.149. The third kappa shape index (κ3) is 6.71. The quantitative estimate of drug-likeness (QED) is 0.674. The van der Waals surface area contributed by atoms with E-state index in [4.69, 9.17) is 5.73 Å². The molecule has 0 atom stereocenters. The van der Waals surface area contributed by atoms with Crippen molar-refractivity contribution in [1.29, 1.82) is 0 Å². The second-order valence-corrected chi connectivity index (χ2v) is 5.38. The molecule has 0 saturated carbocycles. The number of rotatable bonds is 9. The number of carbonyl (C=O) groups excluding carboxylic acids is 1. The summed E-state index contributed by atoms with van der Waals surface area (Å²) >= 11 is 1.65. The molecule has 5 heteroatoms. The number of thiazole rings is 1. The van der Waals surface area contributed by atoms with Crippen LogP contribution in [0.15, 0.2) is 5.38 Å². The molecule has 1 amide bonds. The number of carbonyl (C=O) groups is 1. The molecule has 0 radical (unpaired) electrons. The lowest BCUT2D eigenvalue weighted by Gasteiger charge is -2.03. The highest BCUT2D eigenvalue weighted by molar-refractivity contribution is 7.09. The van der Waals surface area contributed by atoms with Crippen LogP contribution in [0, 0.1) is 6.92 Å². The van der Waals surface area contributed by atoms with Gasteiger partial charge in [-0.15, -0.1) is 11.3 Å². The molecule has 0 bridgehead atoms. The molecule has 1 aromatic heterocycles. The molecule has 1 heterocycles. The number of nitrogens with one attached hydrogen (secondary N) is 1. The van der Waals surface area contributed by atoms with Crippen LogP contribution in [-0.4, -0.2) is 24.0 Å². The van der Waals surface area contributed by atoms with Crippen molar-refractivity contribution in [3.63, 3.8) is 0 Å². The van der Waals surface area contributed by atoms with Crippen LogP contribution in [0.1, 0.15) is 42.8 Å². The molecule has 4 nitrogen and oxygen atoms in total. The van der Waals surface area contributed by atoms with Crippen molar-refractivity contribution in [3.8, 4) is 0 Å². The van der Waals surface area contributed by atoms with Crippen LogP contribution < -0.4 is 11.1 Å². The first kappa shape index (κ1) is 15.1. The summed E-state index contributed by atoms with van der Waals surface area (Å²) in [6.07, 6.45) is 5.70. The minimum Gasteiger partial charge on any atom is -0.356 e. The van der Waals surface area contributed by atoms with Crippen molar-refractivity contribution >= 4 is 17.2 Å². The number of hydrogen-bond acceptors (Lipinski definition) is 4. The first-order valence-electron chi connectivity index (χ1n) is 6.60. The smallest absolute Gasteiger partial charge is 0.220 e. The summed E-state index contributed by atoms with van der Waals surface area (Å²) in [5, 5.41) is 6.06. The van der Waals surface area contributed by atoms with E-state index < -0.39 is 0 Å². The standard InChI is InChI=1S/C13H23N3OS/c1-11-10-18-13(16-11)7-9-15-12(17)6-4-2-3-5-8-14/h10H,2-9,14H2,1H3,(H,15,17). The lowest BCUT2D eigenvalue weighted by atomic mass is 10.1. The summed E-state index contributed by atoms with van der Waals surface area (Å²) in [5.74, 6) is 0.149. The highest BCUT2D eigenvalue weighted by Crippen LogP contribution is 2.08. The SMILES string of the molecule is Cc1csc(CCNC(=O)CCCCCCN)n1. The van der Waals surface area contributed by atoms with Crippen molar-refractivity contribution in [3.05, 3.63) is 16.1 Å². The summed E-state index contributed by atoms with van der Waals surface area (Å²) in [6, 6.07) is 0. The zero-order valence-corrected chi connectivity index (χ0v) is 11.9. The minimum atomic E-state index is 0.149. The molecular formula is C13H23N3OS. The number of hydrogen-bond donors (Lipinski definition) is 2. The zero-order chi connectivity index (χ0) is 13.2. The number of aromatic nitrogens is 1. The highest BCUT2D eigenvalue weighted by Gasteiger charge is 2.02. The summed E-state index contributed by atoms with van der Waals surface area (Å²) in [5.41, 5.74) is 6.47. The Morgan fingerprint density at radius 1 is 1.39 bits per heavy atom. The third-order valence-electron chi connectivity index (χ3n) is 2.69. The van der Waals surface area contributed by atoms with E-state index in [1.165, 1.54) is 0 Å². The summed E-state index contributed by atoms with van der Waals surface area (Å²) in [6.45, 7) is 3.42. The molecule has 3 N–H and O–H groups in total. The Morgan fingerprint density at radius 3 is 2.83 bits per heavy atom. The maximum atomic E-state index is 11.5. The van der Waals surface area contributed by atoms with Gasteiger partial charge in [-0.1, -0.05) is 12.8 Å². The lowest BCUT2D eigenvalue weighted by molar-refractivity contribution is -0.121. The van der Waals surface area contributed by atoms with E-state index in [0.29, 0.717) is 13.0 Å². The van der Waals surface area contributed by atoms with Crippen LogP contribution in [0.3, 0.4) is 0 Å². The van der Waals surface area contributed by atoms with Crippen LogP contribution in [0.25, 0.3) is 0 Å². The molecule has 0 unspecified atom stereocenters. The van der Waals surface area contributed by atoms with Crippen LogP contribution in [0.5, 0.6) is 0 Å². The molecule has 18 heavy (non-hydrogen) atoms. The third-order valence-corrected chi connectivity index (χ3v) is 3.71. The van der Waals surface area contributed by atoms with Gasteiger partial charge in [-0.3, -0.25) is 4.79 Å². The molecule has 0 aromatic carbocycles. The van der Waals surface area contributed by atoms with Crippen molar-refractivity contribution < 1.29 is 4.79 Å². The normalized spacial score (nSPS) is 10.6. The number of nitrogens with two attached hydrogens (primary N) is 1. The van der Waals surface area contributed by atoms with Crippen molar-refractivity contribution in [2.24, 2.45) is 5.73 Å². The van der Waals surface area contributed by atoms with Gasteiger partial charge in [-0.05, 0) is 26.3 Å². The Hall–Kier alpha value is -0.940. The molecular weight excluding hydrogens is 246 g/mol.